The van der Waals surface area contributed by atoms with E-state index in [-0.39, 0.29) is 23.7 Å². The number of hydrogen-bond donors (Lipinski definition) is 1. The molecule has 114 valence electrons. The first-order valence-electron chi connectivity index (χ1n) is 7.18. The lowest BCUT2D eigenvalue weighted by molar-refractivity contribution is -0.883. The molecule has 2 aliphatic rings. The van der Waals surface area contributed by atoms with E-state index in [4.69, 9.17) is 0 Å². The second-order valence-electron chi connectivity index (χ2n) is 5.54. The van der Waals surface area contributed by atoms with Gasteiger partial charge in [0, 0.05) is 4.88 Å². The van der Waals surface area contributed by atoms with Gasteiger partial charge < -0.3 is 14.7 Å². The summed E-state index contributed by atoms with van der Waals surface area (Å²) in [6, 6.07) is 4.03. The van der Waals surface area contributed by atoms with E-state index >= 15 is 0 Å². The predicted octanol–water partition coefficient (Wildman–Crippen LogP) is -0.321. The van der Waals surface area contributed by atoms with E-state index in [0.717, 1.165) is 31.1 Å². The van der Waals surface area contributed by atoms with Crippen molar-refractivity contribution < 1.29 is 14.5 Å². The van der Waals surface area contributed by atoms with Crippen LogP contribution < -0.4 is 4.90 Å². The molecular weight excluding hydrogens is 306 g/mol. The van der Waals surface area contributed by atoms with Gasteiger partial charge in [0.25, 0.3) is 0 Å². The van der Waals surface area contributed by atoms with Crippen molar-refractivity contribution in [2.75, 3.05) is 45.5 Å². The number of thiophene rings is 1. The molecule has 0 radical (unpaired) electrons. The van der Waals surface area contributed by atoms with Crippen molar-refractivity contribution in [2.45, 2.75) is 5.37 Å². The highest BCUT2D eigenvalue weighted by molar-refractivity contribution is 8.00. The molecule has 3 heterocycles. The molecule has 0 aromatic carbocycles. The van der Waals surface area contributed by atoms with Crippen molar-refractivity contribution in [2.24, 2.45) is 0 Å². The number of nitrogens with zero attached hydrogens (tertiary/aromatic N) is 2. The Morgan fingerprint density at radius 3 is 2.86 bits per heavy atom. The van der Waals surface area contributed by atoms with E-state index in [0.29, 0.717) is 5.75 Å². The van der Waals surface area contributed by atoms with Gasteiger partial charge in [0.15, 0.2) is 0 Å². The lowest BCUT2D eigenvalue weighted by atomic mass is 10.3. The van der Waals surface area contributed by atoms with Gasteiger partial charge in [0.2, 0.25) is 11.8 Å². The third-order valence-corrected chi connectivity index (χ3v) is 6.34. The molecule has 21 heavy (non-hydrogen) atoms. The molecule has 7 heteroatoms. The van der Waals surface area contributed by atoms with Gasteiger partial charge in [0.1, 0.15) is 11.9 Å². The minimum absolute atomic E-state index is 0.0135. The van der Waals surface area contributed by atoms with Crippen LogP contribution in [-0.2, 0) is 9.59 Å². The predicted molar refractivity (Wildman–Crippen MR) is 84.4 cm³/mol. The van der Waals surface area contributed by atoms with Crippen LogP contribution in [0.2, 0.25) is 0 Å². The number of hydrogen-bond acceptors (Lipinski definition) is 4. The normalized spacial score (nSPS) is 23.9. The summed E-state index contributed by atoms with van der Waals surface area (Å²) in [5.41, 5.74) is 0. The number of thioether (sulfide) groups is 1. The molecule has 3 rings (SSSR count). The smallest absolute Gasteiger partial charge is 0.242 e. The summed E-state index contributed by atoms with van der Waals surface area (Å²) < 4.78 is 0. The van der Waals surface area contributed by atoms with Gasteiger partial charge in [-0.15, -0.1) is 23.1 Å². The van der Waals surface area contributed by atoms with Crippen molar-refractivity contribution in [3.8, 4) is 0 Å². The molecule has 5 nitrogen and oxygen atoms in total. The maximum atomic E-state index is 12.4. The highest BCUT2D eigenvalue weighted by Gasteiger charge is 2.36. The molecule has 1 N–H and O–H groups in total. The van der Waals surface area contributed by atoms with Crippen molar-refractivity contribution in [3.05, 3.63) is 22.4 Å². The number of likely N-dealkylation sites (N-methyl/N-ethyl adjacent to an activating group) is 1. The Hall–Kier alpha value is -1.05. The van der Waals surface area contributed by atoms with Gasteiger partial charge >= 0.3 is 0 Å². The zero-order valence-corrected chi connectivity index (χ0v) is 13.7. The SMILES string of the molecule is C[NH+]1CCN(C(=O)CN2C(=O)CS[C@H]2c2cccs2)CC1. The van der Waals surface area contributed by atoms with Crippen LogP contribution in [0.15, 0.2) is 17.5 Å². The summed E-state index contributed by atoms with van der Waals surface area (Å²) in [7, 11) is 2.15. The number of amides is 2. The van der Waals surface area contributed by atoms with E-state index in [2.05, 4.69) is 7.05 Å². The van der Waals surface area contributed by atoms with Crippen molar-refractivity contribution in [1.82, 2.24) is 9.80 Å². The van der Waals surface area contributed by atoms with E-state index in [1.54, 1.807) is 28.0 Å². The Morgan fingerprint density at radius 1 is 1.43 bits per heavy atom. The standard InChI is InChI=1S/C14H19N3O2S2/c1-15-4-6-16(7-5-15)12(18)9-17-13(19)10-21-14(17)11-3-2-8-20-11/h2-3,8,14H,4-7,9-10H2,1H3/p+1/t14-/m0/s1. The molecule has 2 saturated heterocycles. The first-order chi connectivity index (χ1) is 10.1. The van der Waals surface area contributed by atoms with Gasteiger partial charge in [0.05, 0.1) is 39.0 Å². The second kappa shape index (κ2) is 6.37. The van der Waals surface area contributed by atoms with Gasteiger partial charge in [-0.2, -0.15) is 0 Å². The van der Waals surface area contributed by atoms with Crippen LogP contribution in [0.1, 0.15) is 10.3 Å². The maximum Gasteiger partial charge on any atom is 0.242 e. The summed E-state index contributed by atoms with van der Waals surface area (Å²) in [6.45, 7) is 3.78. The topological polar surface area (TPSA) is 45.1 Å². The minimum Gasteiger partial charge on any atom is -0.334 e. The third kappa shape index (κ3) is 3.25. The molecular formula is C14H20N3O2S2+. The van der Waals surface area contributed by atoms with E-state index in [1.165, 1.54) is 4.90 Å². The second-order valence-corrected chi connectivity index (χ2v) is 7.59. The number of carbonyl (C=O) groups is 2. The molecule has 2 fully saturated rings. The monoisotopic (exact) mass is 326 g/mol. The summed E-state index contributed by atoms with van der Waals surface area (Å²) in [5.74, 6) is 0.634. The van der Waals surface area contributed by atoms with E-state index in [1.807, 2.05) is 22.4 Å². The van der Waals surface area contributed by atoms with Crippen LogP contribution in [0.25, 0.3) is 0 Å². The average molecular weight is 326 g/mol. The first-order valence-corrected chi connectivity index (χ1v) is 9.11. The highest BCUT2D eigenvalue weighted by atomic mass is 32.2. The average Bonchev–Trinajstić information content (AvgIpc) is 3.10. The Balaban J connectivity index is 1.64. The van der Waals surface area contributed by atoms with Gasteiger partial charge in [-0.3, -0.25) is 9.59 Å². The van der Waals surface area contributed by atoms with Gasteiger partial charge in [-0.25, -0.2) is 0 Å². The van der Waals surface area contributed by atoms with Crippen LogP contribution in [0.4, 0.5) is 0 Å². The zero-order chi connectivity index (χ0) is 14.8. The van der Waals surface area contributed by atoms with Crippen molar-refractivity contribution in [1.29, 1.82) is 0 Å². The minimum atomic E-state index is 0.0135. The number of rotatable bonds is 3. The lowest BCUT2D eigenvalue weighted by Crippen LogP contribution is -3.12. The number of quaternary nitrogens is 1. The fourth-order valence-corrected chi connectivity index (χ4v) is 4.84. The Morgan fingerprint density at radius 2 is 2.19 bits per heavy atom. The summed E-state index contributed by atoms with van der Waals surface area (Å²) in [5, 5.41) is 2.03. The van der Waals surface area contributed by atoms with Gasteiger partial charge in [-0.05, 0) is 11.4 Å². The molecule has 2 aliphatic heterocycles. The van der Waals surface area contributed by atoms with Crippen molar-refractivity contribution in [3.63, 3.8) is 0 Å². The largest absolute Gasteiger partial charge is 0.334 e. The molecule has 1 atom stereocenters. The molecule has 1 aromatic rings. The Labute approximate surface area is 132 Å². The molecule has 0 spiro atoms. The summed E-state index contributed by atoms with van der Waals surface area (Å²) in [4.78, 5) is 30.8. The fraction of sp³-hybridized carbons (Fsp3) is 0.571. The number of piperazine rings is 1. The number of carbonyl (C=O) groups excluding carboxylic acids is 2. The third-order valence-electron chi connectivity index (χ3n) is 4.03. The summed E-state index contributed by atoms with van der Waals surface area (Å²) >= 11 is 3.26. The number of nitrogens with one attached hydrogen (secondary N) is 1. The Kier molecular flexibility index (Phi) is 4.51. The molecule has 1 aromatic heterocycles. The van der Waals surface area contributed by atoms with Crippen LogP contribution in [0.3, 0.4) is 0 Å². The maximum absolute atomic E-state index is 12.4. The van der Waals surface area contributed by atoms with Crippen LogP contribution in [-0.4, -0.2) is 67.1 Å². The quantitative estimate of drug-likeness (QED) is 0.828. The summed E-state index contributed by atoms with van der Waals surface area (Å²) in [6.07, 6.45) is 0. The van der Waals surface area contributed by atoms with Crippen LogP contribution in [0, 0.1) is 0 Å². The zero-order valence-electron chi connectivity index (χ0n) is 12.1. The molecule has 0 saturated carbocycles. The van der Waals surface area contributed by atoms with Crippen LogP contribution in [0.5, 0.6) is 0 Å². The lowest BCUT2D eigenvalue weighted by Gasteiger charge is -2.32. The Bertz CT molecular complexity index is 512. The van der Waals surface area contributed by atoms with Crippen molar-refractivity contribution >= 4 is 34.9 Å². The van der Waals surface area contributed by atoms with Gasteiger partial charge in [-0.1, -0.05) is 6.07 Å². The van der Waals surface area contributed by atoms with E-state index < -0.39 is 0 Å². The van der Waals surface area contributed by atoms with E-state index in [9.17, 15) is 9.59 Å². The highest BCUT2D eigenvalue weighted by Crippen LogP contribution is 2.40. The molecule has 0 aliphatic carbocycles. The van der Waals surface area contributed by atoms with Crippen LogP contribution >= 0.6 is 23.1 Å². The fourth-order valence-electron chi connectivity index (χ4n) is 2.68. The first kappa shape index (κ1) is 14.9. The molecule has 0 bridgehead atoms. The molecule has 0 unspecified atom stereocenters. The molecule has 2 amide bonds.